The summed E-state index contributed by atoms with van der Waals surface area (Å²) in [7, 11) is 0. The van der Waals surface area contributed by atoms with Gasteiger partial charge >= 0.3 is 0 Å². The van der Waals surface area contributed by atoms with Gasteiger partial charge in [-0.25, -0.2) is 4.98 Å². The molecule has 4 nitrogen and oxygen atoms in total. The number of carbonyl (C=O) groups is 1. The first kappa shape index (κ1) is 17.9. The summed E-state index contributed by atoms with van der Waals surface area (Å²) in [4.78, 5) is 17.7. The molecule has 0 aliphatic heterocycles. The first-order valence-corrected chi connectivity index (χ1v) is 10.2. The first-order chi connectivity index (χ1) is 13.0. The number of nitrogens with zero attached hydrogens (tertiary/aromatic N) is 1. The highest BCUT2D eigenvalue weighted by molar-refractivity contribution is 7.19. The number of benzene rings is 2. The van der Waals surface area contributed by atoms with Crippen LogP contribution in [0.4, 0.5) is 0 Å². The molecule has 4 rings (SSSR count). The summed E-state index contributed by atoms with van der Waals surface area (Å²) in [5.74, 6) is -0.283. The molecule has 4 aromatic rings. The van der Waals surface area contributed by atoms with Gasteiger partial charge < -0.3 is 10.4 Å². The Hall–Kier alpha value is -2.54. The van der Waals surface area contributed by atoms with E-state index in [9.17, 15) is 9.90 Å². The monoisotopic (exact) mass is 394 g/mol. The Bertz CT molecular complexity index is 1050. The van der Waals surface area contributed by atoms with Gasteiger partial charge in [-0.3, -0.25) is 4.79 Å². The number of thiazole rings is 1. The second-order valence-electron chi connectivity index (χ2n) is 6.51. The van der Waals surface area contributed by atoms with Gasteiger partial charge in [0.25, 0.3) is 5.91 Å². The molecule has 2 N–H and O–H groups in total. The Balaban J connectivity index is 1.46. The predicted octanol–water partition coefficient (Wildman–Crippen LogP) is 4.66. The molecule has 1 amide bonds. The molecule has 2 aromatic heterocycles. The highest BCUT2D eigenvalue weighted by atomic mass is 32.1. The quantitative estimate of drug-likeness (QED) is 0.517. The number of rotatable bonds is 5. The lowest BCUT2D eigenvalue weighted by atomic mass is 10.0. The zero-order valence-electron chi connectivity index (χ0n) is 14.7. The van der Waals surface area contributed by atoms with Gasteiger partial charge in [-0.05, 0) is 24.4 Å². The molecule has 27 heavy (non-hydrogen) atoms. The fraction of sp³-hybridized carbons (Fsp3) is 0.143. The zero-order chi connectivity index (χ0) is 18.9. The Morgan fingerprint density at radius 3 is 2.67 bits per heavy atom. The molecule has 0 aliphatic carbocycles. The molecule has 1 unspecified atom stereocenters. The van der Waals surface area contributed by atoms with E-state index in [1.54, 1.807) is 12.3 Å². The number of nitrogens with one attached hydrogen (secondary N) is 1. The Morgan fingerprint density at radius 2 is 1.89 bits per heavy atom. The van der Waals surface area contributed by atoms with Crippen LogP contribution in [0.25, 0.3) is 20.7 Å². The van der Waals surface area contributed by atoms with Crippen LogP contribution in [-0.2, 0) is 5.60 Å². The molecule has 0 radical (unpaired) electrons. The number of hydrogen-bond acceptors (Lipinski definition) is 5. The minimum atomic E-state index is -1.14. The van der Waals surface area contributed by atoms with Crippen molar-refractivity contribution in [1.82, 2.24) is 10.3 Å². The molecular formula is C21H18N2O2S2. The molecule has 1 atom stereocenters. The fourth-order valence-electron chi connectivity index (χ4n) is 2.77. The average Bonchev–Trinajstić information content (AvgIpc) is 3.34. The maximum atomic E-state index is 12.5. The van der Waals surface area contributed by atoms with Crippen molar-refractivity contribution in [2.45, 2.75) is 12.5 Å². The molecule has 0 saturated carbocycles. The summed E-state index contributed by atoms with van der Waals surface area (Å²) < 4.78 is 1.12. The van der Waals surface area contributed by atoms with E-state index >= 15 is 0 Å². The molecule has 6 heteroatoms. The second-order valence-corrected chi connectivity index (χ2v) is 8.45. The van der Waals surface area contributed by atoms with Crippen LogP contribution in [-0.4, -0.2) is 22.5 Å². The molecule has 0 spiro atoms. The second kappa shape index (κ2) is 7.23. The summed E-state index contributed by atoms with van der Waals surface area (Å²) in [6.45, 7) is 1.84. The largest absolute Gasteiger partial charge is 0.383 e. The summed E-state index contributed by atoms with van der Waals surface area (Å²) in [5.41, 5.74) is 0.210. The number of hydrogen-bond donors (Lipinski definition) is 2. The van der Waals surface area contributed by atoms with E-state index in [-0.39, 0.29) is 12.5 Å². The van der Waals surface area contributed by atoms with Gasteiger partial charge in [0, 0.05) is 20.5 Å². The number of fused-ring (bicyclic) bond motifs is 1. The summed E-state index contributed by atoms with van der Waals surface area (Å²) in [6.07, 6.45) is 0. The Morgan fingerprint density at radius 1 is 1.15 bits per heavy atom. The van der Waals surface area contributed by atoms with Crippen molar-refractivity contribution in [3.8, 4) is 10.6 Å². The Kier molecular flexibility index (Phi) is 4.78. The Labute approximate surface area is 165 Å². The number of aliphatic hydroxyl groups is 1. The summed E-state index contributed by atoms with van der Waals surface area (Å²) in [5, 5.41) is 17.3. The van der Waals surface area contributed by atoms with Gasteiger partial charge in [0.15, 0.2) is 0 Å². The fourth-order valence-corrected chi connectivity index (χ4v) is 4.68. The highest BCUT2D eigenvalue weighted by Crippen LogP contribution is 2.33. The SMILES string of the molecule is CC(O)(CNC(=O)c1csc(-c2ccccc2)n1)c1cc2ccccc2s1. The predicted molar refractivity (Wildman–Crippen MR) is 111 cm³/mol. The third-order valence-corrected chi connectivity index (χ3v) is 6.57. The topological polar surface area (TPSA) is 62.2 Å². The molecular weight excluding hydrogens is 376 g/mol. The summed E-state index contributed by atoms with van der Waals surface area (Å²) >= 11 is 2.97. The van der Waals surface area contributed by atoms with Crippen molar-refractivity contribution in [2.24, 2.45) is 0 Å². The van der Waals surface area contributed by atoms with Crippen molar-refractivity contribution >= 4 is 38.7 Å². The van der Waals surface area contributed by atoms with Crippen LogP contribution in [0.1, 0.15) is 22.3 Å². The van der Waals surface area contributed by atoms with Crippen LogP contribution in [0, 0.1) is 0 Å². The van der Waals surface area contributed by atoms with E-state index in [2.05, 4.69) is 10.3 Å². The van der Waals surface area contributed by atoms with Gasteiger partial charge in [-0.2, -0.15) is 0 Å². The van der Waals surface area contributed by atoms with Gasteiger partial charge in [0.1, 0.15) is 16.3 Å². The lowest BCUT2D eigenvalue weighted by Gasteiger charge is -2.22. The van der Waals surface area contributed by atoms with Crippen molar-refractivity contribution < 1.29 is 9.90 Å². The maximum absolute atomic E-state index is 12.5. The first-order valence-electron chi connectivity index (χ1n) is 8.53. The van der Waals surface area contributed by atoms with Crippen molar-refractivity contribution in [3.05, 3.63) is 76.6 Å². The summed E-state index contributed by atoms with van der Waals surface area (Å²) in [6, 6.07) is 19.7. The number of amides is 1. The standard InChI is InChI=1S/C21H18N2O2S2/c1-21(25,18-11-15-9-5-6-10-17(15)27-18)13-22-19(24)16-12-26-20(23-16)14-7-3-2-4-8-14/h2-12,25H,13H2,1H3,(H,22,24). The number of thiophene rings is 1. The van der Waals surface area contributed by atoms with Crippen molar-refractivity contribution in [3.63, 3.8) is 0 Å². The van der Waals surface area contributed by atoms with Crippen LogP contribution in [0.2, 0.25) is 0 Å². The third kappa shape index (κ3) is 3.78. The normalized spacial score (nSPS) is 13.4. The minimum absolute atomic E-state index is 0.122. The average molecular weight is 395 g/mol. The minimum Gasteiger partial charge on any atom is -0.383 e. The molecule has 0 aliphatic rings. The van der Waals surface area contributed by atoms with Gasteiger partial charge in [0.2, 0.25) is 0 Å². The maximum Gasteiger partial charge on any atom is 0.270 e. The van der Waals surface area contributed by atoms with Crippen LogP contribution < -0.4 is 5.32 Å². The van der Waals surface area contributed by atoms with Crippen molar-refractivity contribution in [1.29, 1.82) is 0 Å². The van der Waals surface area contributed by atoms with Crippen LogP contribution in [0.3, 0.4) is 0 Å². The third-order valence-electron chi connectivity index (χ3n) is 4.31. The van der Waals surface area contributed by atoms with Gasteiger partial charge in [-0.15, -0.1) is 22.7 Å². The smallest absolute Gasteiger partial charge is 0.270 e. The van der Waals surface area contributed by atoms with Gasteiger partial charge in [0.05, 0.1) is 6.54 Å². The van der Waals surface area contributed by atoms with E-state index in [0.29, 0.717) is 5.69 Å². The number of aromatic nitrogens is 1. The highest BCUT2D eigenvalue weighted by Gasteiger charge is 2.26. The lowest BCUT2D eigenvalue weighted by Crippen LogP contribution is -2.38. The van der Waals surface area contributed by atoms with Crippen LogP contribution in [0.5, 0.6) is 0 Å². The van der Waals surface area contributed by atoms with E-state index in [1.165, 1.54) is 22.7 Å². The van der Waals surface area contributed by atoms with E-state index in [1.807, 2.05) is 60.7 Å². The van der Waals surface area contributed by atoms with Crippen LogP contribution >= 0.6 is 22.7 Å². The van der Waals surface area contributed by atoms with E-state index in [4.69, 9.17) is 0 Å². The lowest BCUT2D eigenvalue weighted by molar-refractivity contribution is 0.0556. The van der Waals surface area contributed by atoms with E-state index < -0.39 is 5.60 Å². The molecule has 2 aromatic carbocycles. The molecule has 0 saturated heterocycles. The molecule has 0 bridgehead atoms. The zero-order valence-corrected chi connectivity index (χ0v) is 16.3. The molecule has 0 fully saturated rings. The van der Waals surface area contributed by atoms with Crippen molar-refractivity contribution in [2.75, 3.05) is 6.54 Å². The van der Waals surface area contributed by atoms with E-state index in [0.717, 1.165) is 25.5 Å². The molecule has 2 heterocycles. The van der Waals surface area contributed by atoms with Gasteiger partial charge in [-0.1, -0.05) is 48.5 Å². The number of carbonyl (C=O) groups excluding carboxylic acids is 1. The molecule has 136 valence electrons. The van der Waals surface area contributed by atoms with Crippen LogP contribution in [0.15, 0.2) is 66.0 Å².